The van der Waals surface area contributed by atoms with Gasteiger partial charge in [0, 0.05) is 13.0 Å². The summed E-state index contributed by atoms with van der Waals surface area (Å²) in [6.45, 7) is 13.6. The molecule has 0 aliphatic rings. The molecule has 114 valence electrons. The number of rotatable bonds is 6. The van der Waals surface area contributed by atoms with Crippen molar-refractivity contribution in [2.75, 3.05) is 12.3 Å². The second-order valence-electron chi connectivity index (χ2n) is 6.07. The average molecular weight is 281 g/mol. The normalized spacial score (nSPS) is 11.9. The lowest BCUT2D eigenvalue weighted by molar-refractivity contribution is 0.0521. The molecule has 2 N–H and O–H groups in total. The summed E-state index contributed by atoms with van der Waals surface area (Å²) in [7, 11) is 0. The Kier molecular flexibility index (Phi) is 5.20. The first-order valence-corrected chi connectivity index (χ1v) is 7.26. The monoisotopic (exact) mass is 281 g/mol. The van der Waals surface area contributed by atoms with Gasteiger partial charge in [-0.15, -0.1) is 0 Å². The van der Waals surface area contributed by atoms with E-state index in [-0.39, 0.29) is 11.1 Å². The number of anilines is 1. The lowest BCUT2D eigenvalue weighted by Crippen LogP contribution is -2.27. The number of nitrogens with two attached hydrogens (primary N) is 1. The number of imidazole rings is 1. The number of nitrogen functional groups attached to an aromatic ring is 1. The van der Waals surface area contributed by atoms with Crippen LogP contribution in [0.5, 0.6) is 0 Å². The summed E-state index contributed by atoms with van der Waals surface area (Å²) in [5.41, 5.74) is 6.43. The number of aryl methyl sites for hydroxylation is 1. The van der Waals surface area contributed by atoms with E-state index in [2.05, 4.69) is 32.7 Å². The van der Waals surface area contributed by atoms with Crippen LogP contribution < -0.4 is 5.73 Å². The summed E-state index contributed by atoms with van der Waals surface area (Å²) in [4.78, 5) is 16.2. The Morgan fingerprint density at radius 1 is 1.40 bits per heavy atom. The van der Waals surface area contributed by atoms with Gasteiger partial charge in [-0.3, -0.25) is 0 Å². The smallest absolute Gasteiger partial charge is 0.360 e. The van der Waals surface area contributed by atoms with Crippen molar-refractivity contribution in [1.82, 2.24) is 9.55 Å². The first kappa shape index (κ1) is 16.5. The van der Waals surface area contributed by atoms with Crippen molar-refractivity contribution in [2.24, 2.45) is 11.3 Å². The fourth-order valence-corrected chi connectivity index (χ4v) is 1.90. The largest absolute Gasteiger partial charge is 0.461 e. The summed E-state index contributed by atoms with van der Waals surface area (Å²) in [6.07, 6.45) is 0.734. The van der Waals surface area contributed by atoms with Gasteiger partial charge < -0.3 is 15.0 Å². The van der Waals surface area contributed by atoms with E-state index in [9.17, 15) is 4.79 Å². The zero-order chi connectivity index (χ0) is 15.5. The minimum atomic E-state index is -0.444. The van der Waals surface area contributed by atoms with Crippen molar-refractivity contribution in [3.8, 4) is 0 Å². The maximum Gasteiger partial charge on any atom is 0.360 e. The molecule has 0 unspecified atom stereocenters. The number of ether oxygens (including phenoxy) is 1. The van der Waals surface area contributed by atoms with Crippen LogP contribution in [0.4, 0.5) is 5.82 Å². The van der Waals surface area contributed by atoms with Gasteiger partial charge in [0.15, 0.2) is 5.69 Å². The molecule has 0 saturated heterocycles. The third-order valence-electron chi connectivity index (χ3n) is 4.00. The van der Waals surface area contributed by atoms with Gasteiger partial charge in [-0.05, 0) is 18.3 Å². The third kappa shape index (κ3) is 3.32. The van der Waals surface area contributed by atoms with Crippen LogP contribution in [0.15, 0.2) is 0 Å². The van der Waals surface area contributed by atoms with Crippen molar-refractivity contribution < 1.29 is 9.53 Å². The van der Waals surface area contributed by atoms with Crippen LogP contribution in [0.25, 0.3) is 0 Å². The molecule has 0 aliphatic carbocycles. The molecule has 0 spiro atoms. The second-order valence-corrected chi connectivity index (χ2v) is 6.07. The summed E-state index contributed by atoms with van der Waals surface area (Å²) in [5.74, 6) is 1.30. The molecule has 0 aliphatic heterocycles. The molecule has 5 heteroatoms. The Hall–Kier alpha value is -1.52. The van der Waals surface area contributed by atoms with Gasteiger partial charge in [0.05, 0.1) is 6.61 Å². The van der Waals surface area contributed by atoms with E-state index in [0.717, 1.165) is 18.8 Å². The molecule has 1 aromatic heterocycles. The Balaban J connectivity index is 3.16. The van der Waals surface area contributed by atoms with Gasteiger partial charge in [0.2, 0.25) is 0 Å². The van der Waals surface area contributed by atoms with E-state index in [1.807, 2.05) is 11.5 Å². The molecule has 1 rings (SSSR count). The molecule has 0 atom stereocenters. The number of hydrogen-bond donors (Lipinski definition) is 1. The number of carbonyl (C=O) groups excluding carboxylic acids is 1. The highest BCUT2D eigenvalue weighted by atomic mass is 16.5. The lowest BCUT2D eigenvalue weighted by Gasteiger charge is -2.30. The molecule has 5 nitrogen and oxygen atoms in total. The fourth-order valence-electron chi connectivity index (χ4n) is 1.90. The van der Waals surface area contributed by atoms with Crippen LogP contribution in [0, 0.1) is 11.3 Å². The fraction of sp³-hybridized carbons (Fsp3) is 0.733. The minimum Gasteiger partial charge on any atom is -0.461 e. The molecule has 0 bridgehead atoms. The van der Waals surface area contributed by atoms with Gasteiger partial charge in [-0.2, -0.15) is 0 Å². The first-order valence-electron chi connectivity index (χ1n) is 7.26. The average Bonchev–Trinajstić information content (AvgIpc) is 2.66. The molecular formula is C15H27N3O2. The molecule has 0 amide bonds. The van der Waals surface area contributed by atoms with Gasteiger partial charge in [-0.1, -0.05) is 34.6 Å². The third-order valence-corrected chi connectivity index (χ3v) is 4.00. The van der Waals surface area contributed by atoms with Crippen molar-refractivity contribution in [3.05, 3.63) is 11.5 Å². The van der Waals surface area contributed by atoms with E-state index < -0.39 is 5.97 Å². The highest BCUT2D eigenvalue weighted by Crippen LogP contribution is 2.30. The predicted molar refractivity (Wildman–Crippen MR) is 80.6 cm³/mol. The number of carbonyl (C=O) groups is 1. The Morgan fingerprint density at radius 2 is 2.00 bits per heavy atom. The van der Waals surface area contributed by atoms with Crippen molar-refractivity contribution >= 4 is 11.8 Å². The van der Waals surface area contributed by atoms with Gasteiger partial charge in [-0.25, -0.2) is 9.78 Å². The molecule has 20 heavy (non-hydrogen) atoms. The number of aromatic nitrogens is 2. The van der Waals surface area contributed by atoms with Crippen LogP contribution in [0.3, 0.4) is 0 Å². The Morgan fingerprint density at radius 3 is 2.45 bits per heavy atom. The second kappa shape index (κ2) is 6.29. The van der Waals surface area contributed by atoms with Gasteiger partial charge in [0.25, 0.3) is 0 Å². The molecule has 1 heterocycles. The summed E-state index contributed by atoms with van der Waals surface area (Å²) in [6, 6.07) is 0. The summed E-state index contributed by atoms with van der Waals surface area (Å²) in [5, 5.41) is 0. The molecule has 0 fully saturated rings. The quantitative estimate of drug-likeness (QED) is 0.814. The molecule has 0 radical (unpaired) electrons. The summed E-state index contributed by atoms with van der Waals surface area (Å²) < 4.78 is 6.96. The van der Waals surface area contributed by atoms with Crippen molar-refractivity contribution in [2.45, 2.75) is 54.5 Å². The highest BCUT2D eigenvalue weighted by Gasteiger charge is 2.28. The Bertz CT molecular complexity index is 476. The zero-order valence-electron chi connectivity index (χ0n) is 13.5. The molecule has 1 aromatic rings. The van der Waals surface area contributed by atoms with E-state index in [1.165, 1.54) is 0 Å². The van der Waals surface area contributed by atoms with Crippen molar-refractivity contribution in [3.63, 3.8) is 0 Å². The van der Waals surface area contributed by atoms with E-state index in [1.54, 1.807) is 6.92 Å². The minimum absolute atomic E-state index is 0.0741. The maximum absolute atomic E-state index is 11.9. The van der Waals surface area contributed by atoms with Gasteiger partial charge in [0.1, 0.15) is 11.6 Å². The number of hydrogen-bond acceptors (Lipinski definition) is 4. The van der Waals surface area contributed by atoms with Crippen molar-refractivity contribution in [1.29, 1.82) is 0 Å². The van der Waals surface area contributed by atoms with E-state index in [4.69, 9.17) is 10.5 Å². The zero-order valence-corrected chi connectivity index (χ0v) is 13.5. The first-order chi connectivity index (χ1) is 9.24. The van der Waals surface area contributed by atoms with E-state index in [0.29, 0.717) is 18.3 Å². The van der Waals surface area contributed by atoms with E-state index >= 15 is 0 Å². The lowest BCUT2D eigenvalue weighted by atomic mass is 9.81. The predicted octanol–water partition coefficient (Wildman–Crippen LogP) is 2.89. The summed E-state index contributed by atoms with van der Waals surface area (Å²) >= 11 is 0. The topological polar surface area (TPSA) is 70.1 Å². The van der Waals surface area contributed by atoms with Crippen LogP contribution in [-0.2, 0) is 17.7 Å². The SMILES string of the molecule is CCOC(=O)c1nc(CC)n(CC(C)(C)C(C)C)c1N. The van der Waals surface area contributed by atoms with Crippen LogP contribution in [0.1, 0.15) is 57.9 Å². The van der Waals surface area contributed by atoms with Crippen LogP contribution in [-0.4, -0.2) is 22.1 Å². The Labute approximate surface area is 121 Å². The molecule has 0 aromatic carbocycles. The van der Waals surface area contributed by atoms with Crippen LogP contribution >= 0.6 is 0 Å². The van der Waals surface area contributed by atoms with Crippen LogP contribution in [0.2, 0.25) is 0 Å². The standard InChI is InChI=1S/C15H27N3O2/c1-7-11-17-12(14(19)20-8-2)13(16)18(11)9-15(5,6)10(3)4/h10H,7-9,16H2,1-6H3. The highest BCUT2D eigenvalue weighted by molar-refractivity contribution is 5.92. The number of nitrogens with zero attached hydrogens (tertiary/aromatic N) is 2. The van der Waals surface area contributed by atoms with Gasteiger partial charge >= 0.3 is 5.97 Å². The molecular weight excluding hydrogens is 254 g/mol. The molecule has 0 saturated carbocycles. The number of esters is 1. The maximum atomic E-state index is 11.9.